The monoisotopic (exact) mass is 220 g/mol. The van der Waals surface area contributed by atoms with Crippen LogP contribution in [0.3, 0.4) is 0 Å². The van der Waals surface area contributed by atoms with Gasteiger partial charge in [-0.05, 0) is 30.4 Å². The molecule has 2 rings (SSSR count). The molecule has 0 aromatic heterocycles. The average molecular weight is 220 g/mol. The summed E-state index contributed by atoms with van der Waals surface area (Å²) in [5.74, 6) is 0.565. The molecule has 1 saturated carbocycles. The van der Waals surface area contributed by atoms with Crippen molar-refractivity contribution in [3.63, 3.8) is 0 Å². The van der Waals surface area contributed by atoms with Crippen molar-refractivity contribution in [3.05, 3.63) is 35.6 Å². The van der Waals surface area contributed by atoms with Crippen molar-refractivity contribution < 1.29 is 9.18 Å². The molecule has 0 heterocycles. The molecular weight excluding hydrogens is 203 g/mol. The molecule has 86 valence electrons. The molecule has 1 nitrogen and oxygen atoms in total. The Labute approximate surface area is 95.7 Å². The number of Topliss-reactive ketones (excluding diaryl/α,β-unsaturated/α-hetero) is 1. The van der Waals surface area contributed by atoms with Crippen LogP contribution in [0.4, 0.5) is 4.39 Å². The number of ketones is 1. The number of benzene rings is 1. The first-order valence-electron chi connectivity index (χ1n) is 5.94. The normalized spacial score (nSPS) is 24.6. The van der Waals surface area contributed by atoms with Crippen LogP contribution in [0.2, 0.25) is 0 Å². The van der Waals surface area contributed by atoms with Crippen LogP contribution in [0, 0.1) is 17.7 Å². The van der Waals surface area contributed by atoms with Gasteiger partial charge in [-0.2, -0.15) is 0 Å². The molecule has 1 aliphatic carbocycles. The van der Waals surface area contributed by atoms with E-state index in [-0.39, 0.29) is 23.9 Å². The van der Waals surface area contributed by atoms with Crippen LogP contribution in [-0.4, -0.2) is 5.78 Å². The lowest BCUT2D eigenvalue weighted by atomic mass is 9.90. The van der Waals surface area contributed by atoms with Crippen LogP contribution in [-0.2, 0) is 11.2 Å². The van der Waals surface area contributed by atoms with Gasteiger partial charge in [-0.3, -0.25) is 4.79 Å². The second-order valence-corrected chi connectivity index (χ2v) is 4.75. The highest BCUT2D eigenvalue weighted by Crippen LogP contribution is 2.32. The highest BCUT2D eigenvalue weighted by Gasteiger charge is 2.29. The zero-order chi connectivity index (χ0) is 11.5. The lowest BCUT2D eigenvalue weighted by molar-refractivity contribution is -0.123. The van der Waals surface area contributed by atoms with Gasteiger partial charge in [-0.1, -0.05) is 31.5 Å². The molecule has 0 amide bonds. The van der Waals surface area contributed by atoms with Gasteiger partial charge in [0, 0.05) is 12.3 Å². The maximum absolute atomic E-state index is 13.4. The third-order valence-corrected chi connectivity index (χ3v) is 3.60. The van der Waals surface area contributed by atoms with Gasteiger partial charge in [0.1, 0.15) is 11.6 Å². The van der Waals surface area contributed by atoms with Gasteiger partial charge in [0.05, 0.1) is 0 Å². The van der Waals surface area contributed by atoms with Crippen LogP contribution in [0.5, 0.6) is 0 Å². The lowest BCUT2D eigenvalue weighted by Crippen LogP contribution is -2.19. The van der Waals surface area contributed by atoms with Gasteiger partial charge in [-0.15, -0.1) is 0 Å². The number of carbonyl (C=O) groups is 1. The van der Waals surface area contributed by atoms with Crippen molar-refractivity contribution in [1.29, 1.82) is 0 Å². The minimum absolute atomic E-state index is 0.152. The van der Waals surface area contributed by atoms with Gasteiger partial charge in [-0.25, -0.2) is 4.39 Å². The van der Waals surface area contributed by atoms with E-state index in [1.165, 1.54) is 6.07 Å². The fourth-order valence-electron chi connectivity index (χ4n) is 2.58. The van der Waals surface area contributed by atoms with Crippen LogP contribution in [0.15, 0.2) is 24.3 Å². The zero-order valence-corrected chi connectivity index (χ0v) is 9.58. The highest BCUT2D eigenvalue weighted by atomic mass is 19.1. The first-order valence-corrected chi connectivity index (χ1v) is 5.94. The molecule has 0 spiro atoms. The molecule has 1 aromatic carbocycles. The van der Waals surface area contributed by atoms with E-state index in [0.717, 1.165) is 19.3 Å². The van der Waals surface area contributed by atoms with Crippen molar-refractivity contribution in [2.24, 2.45) is 11.8 Å². The molecule has 1 fully saturated rings. The molecule has 2 heteroatoms. The van der Waals surface area contributed by atoms with Gasteiger partial charge in [0.25, 0.3) is 0 Å². The Morgan fingerprint density at radius 1 is 1.38 bits per heavy atom. The van der Waals surface area contributed by atoms with Crippen LogP contribution >= 0.6 is 0 Å². The van der Waals surface area contributed by atoms with Crippen LogP contribution < -0.4 is 0 Å². The SMILES string of the molecule is CC1CCCC1C(=O)Cc1ccccc1F. The van der Waals surface area contributed by atoms with E-state index in [1.54, 1.807) is 18.2 Å². The Balaban J connectivity index is 2.05. The topological polar surface area (TPSA) is 17.1 Å². The Bertz CT molecular complexity index is 386. The quantitative estimate of drug-likeness (QED) is 0.763. The standard InChI is InChI=1S/C14H17FO/c1-10-5-4-7-12(10)14(16)9-11-6-2-3-8-13(11)15/h2-3,6,8,10,12H,4-5,7,9H2,1H3. The molecule has 0 saturated heterocycles. The maximum Gasteiger partial charge on any atom is 0.140 e. The predicted octanol–water partition coefficient (Wildman–Crippen LogP) is 3.37. The molecule has 1 aliphatic rings. The summed E-state index contributed by atoms with van der Waals surface area (Å²) < 4.78 is 13.4. The first kappa shape index (κ1) is 11.3. The van der Waals surface area contributed by atoms with E-state index >= 15 is 0 Å². The zero-order valence-electron chi connectivity index (χ0n) is 9.58. The molecule has 1 aromatic rings. The van der Waals surface area contributed by atoms with Crippen molar-refractivity contribution in [1.82, 2.24) is 0 Å². The molecule has 0 radical (unpaired) electrons. The fraction of sp³-hybridized carbons (Fsp3) is 0.500. The van der Waals surface area contributed by atoms with Gasteiger partial charge in [0.15, 0.2) is 0 Å². The molecule has 2 unspecified atom stereocenters. The third kappa shape index (κ3) is 2.31. The van der Waals surface area contributed by atoms with E-state index < -0.39 is 0 Å². The van der Waals surface area contributed by atoms with Crippen LogP contribution in [0.25, 0.3) is 0 Å². The van der Waals surface area contributed by atoms with Gasteiger partial charge in [0.2, 0.25) is 0 Å². The van der Waals surface area contributed by atoms with Crippen molar-refractivity contribution in [2.75, 3.05) is 0 Å². The second-order valence-electron chi connectivity index (χ2n) is 4.75. The Morgan fingerprint density at radius 3 is 2.75 bits per heavy atom. The number of halogens is 1. The lowest BCUT2D eigenvalue weighted by Gasteiger charge is -2.13. The maximum atomic E-state index is 13.4. The van der Waals surface area contributed by atoms with Crippen molar-refractivity contribution in [2.45, 2.75) is 32.6 Å². The Morgan fingerprint density at radius 2 is 2.12 bits per heavy atom. The van der Waals surface area contributed by atoms with Crippen molar-refractivity contribution >= 4 is 5.78 Å². The summed E-state index contributed by atoms with van der Waals surface area (Å²) in [5.41, 5.74) is 0.534. The van der Waals surface area contributed by atoms with Gasteiger partial charge < -0.3 is 0 Å². The molecule has 16 heavy (non-hydrogen) atoms. The van der Waals surface area contributed by atoms with E-state index in [0.29, 0.717) is 11.5 Å². The van der Waals surface area contributed by atoms with Gasteiger partial charge >= 0.3 is 0 Å². The Kier molecular flexibility index (Phi) is 3.37. The third-order valence-electron chi connectivity index (χ3n) is 3.60. The minimum Gasteiger partial charge on any atom is -0.299 e. The fourth-order valence-corrected chi connectivity index (χ4v) is 2.58. The predicted molar refractivity (Wildman–Crippen MR) is 61.6 cm³/mol. The number of hydrogen-bond acceptors (Lipinski definition) is 1. The van der Waals surface area contributed by atoms with E-state index in [9.17, 15) is 9.18 Å². The molecular formula is C14H17FO. The van der Waals surface area contributed by atoms with Crippen LogP contribution in [0.1, 0.15) is 31.7 Å². The van der Waals surface area contributed by atoms with E-state index in [4.69, 9.17) is 0 Å². The molecule has 0 bridgehead atoms. The highest BCUT2D eigenvalue weighted by molar-refractivity contribution is 5.83. The summed E-state index contributed by atoms with van der Waals surface area (Å²) in [7, 11) is 0. The summed E-state index contributed by atoms with van der Waals surface area (Å²) in [4.78, 5) is 12.0. The molecule has 0 aliphatic heterocycles. The van der Waals surface area contributed by atoms with Crippen molar-refractivity contribution in [3.8, 4) is 0 Å². The summed E-state index contributed by atoms with van der Waals surface area (Å²) in [6.45, 7) is 2.12. The first-order chi connectivity index (χ1) is 7.68. The van der Waals surface area contributed by atoms with E-state index in [2.05, 4.69) is 6.92 Å². The number of rotatable bonds is 3. The van der Waals surface area contributed by atoms with E-state index in [1.807, 2.05) is 0 Å². The second kappa shape index (κ2) is 4.77. The summed E-state index contributed by atoms with van der Waals surface area (Å²) >= 11 is 0. The average Bonchev–Trinajstić information content (AvgIpc) is 2.68. The summed E-state index contributed by atoms with van der Waals surface area (Å²) in [5, 5.41) is 0. The summed E-state index contributed by atoms with van der Waals surface area (Å²) in [6, 6.07) is 6.55. The largest absolute Gasteiger partial charge is 0.299 e. The minimum atomic E-state index is -0.262. The molecule has 2 atom stereocenters. The number of carbonyl (C=O) groups excluding carboxylic acids is 1. The smallest absolute Gasteiger partial charge is 0.140 e. The Hall–Kier alpha value is -1.18. The summed E-state index contributed by atoms with van der Waals surface area (Å²) in [6.07, 6.45) is 3.50. The molecule has 0 N–H and O–H groups in total. The number of hydrogen-bond donors (Lipinski definition) is 0.